The number of carbonyl (C=O) groups excluding carboxylic acids is 1. The maximum absolute atomic E-state index is 11.3. The molecule has 88 valence electrons. The molecule has 1 amide bonds. The maximum atomic E-state index is 11.3. The summed E-state index contributed by atoms with van der Waals surface area (Å²) in [6.07, 6.45) is 1.40. The van der Waals surface area contributed by atoms with Crippen LogP contribution in [0.1, 0.15) is 18.9 Å². The van der Waals surface area contributed by atoms with E-state index in [4.69, 9.17) is 9.84 Å². The Hall–Kier alpha value is -1.55. The number of aliphatic hydroxyl groups is 1. The van der Waals surface area contributed by atoms with Gasteiger partial charge in [0.05, 0.1) is 6.61 Å². The fourth-order valence-electron chi connectivity index (χ4n) is 1.41. The highest BCUT2D eigenvalue weighted by atomic mass is 16.6. The van der Waals surface area contributed by atoms with E-state index in [1.807, 2.05) is 24.3 Å². The van der Waals surface area contributed by atoms with Gasteiger partial charge < -0.3 is 9.84 Å². The zero-order chi connectivity index (χ0) is 11.8. The number of amides is 1. The molecule has 0 heterocycles. The van der Waals surface area contributed by atoms with Crippen molar-refractivity contribution in [2.45, 2.75) is 19.8 Å². The van der Waals surface area contributed by atoms with Crippen molar-refractivity contribution in [2.75, 3.05) is 18.5 Å². The number of rotatable bonds is 5. The van der Waals surface area contributed by atoms with E-state index in [1.165, 1.54) is 0 Å². The molecule has 1 aromatic carbocycles. The van der Waals surface area contributed by atoms with Gasteiger partial charge in [0.2, 0.25) is 0 Å². The molecule has 0 saturated heterocycles. The van der Waals surface area contributed by atoms with Crippen molar-refractivity contribution in [1.82, 2.24) is 0 Å². The lowest BCUT2D eigenvalue weighted by Crippen LogP contribution is -2.16. The summed E-state index contributed by atoms with van der Waals surface area (Å²) >= 11 is 0. The Morgan fingerprint density at radius 1 is 1.44 bits per heavy atom. The number of hydrogen-bond donors (Lipinski definition) is 2. The van der Waals surface area contributed by atoms with Crippen LogP contribution in [0, 0.1) is 0 Å². The minimum absolute atomic E-state index is 0.0157. The molecule has 4 heteroatoms. The van der Waals surface area contributed by atoms with Crippen molar-refractivity contribution >= 4 is 11.8 Å². The van der Waals surface area contributed by atoms with Gasteiger partial charge in [-0.05, 0) is 18.1 Å². The molecule has 1 rings (SSSR count). The van der Waals surface area contributed by atoms with Gasteiger partial charge in [0.15, 0.2) is 0 Å². The van der Waals surface area contributed by atoms with Crippen LogP contribution in [-0.4, -0.2) is 24.4 Å². The van der Waals surface area contributed by atoms with Crippen molar-refractivity contribution < 1.29 is 14.6 Å². The number of hydrogen-bond acceptors (Lipinski definition) is 3. The molecule has 4 nitrogen and oxygen atoms in total. The molecule has 0 aliphatic heterocycles. The quantitative estimate of drug-likeness (QED) is 0.804. The van der Waals surface area contributed by atoms with Crippen LogP contribution in [0.25, 0.3) is 0 Å². The Bertz CT molecular complexity index is 339. The Morgan fingerprint density at radius 3 is 2.88 bits per heavy atom. The summed E-state index contributed by atoms with van der Waals surface area (Å²) in [5, 5.41) is 11.2. The molecule has 2 N–H and O–H groups in total. The van der Waals surface area contributed by atoms with E-state index in [9.17, 15) is 4.79 Å². The molecule has 0 radical (unpaired) electrons. The molecular weight excluding hydrogens is 206 g/mol. The third-order valence-corrected chi connectivity index (χ3v) is 2.10. The fraction of sp³-hybridized carbons (Fsp3) is 0.417. The first-order valence-corrected chi connectivity index (χ1v) is 5.40. The Morgan fingerprint density at radius 2 is 2.19 bits per heavy atom. The molecule has 0 atom stereocenters. The minimum atomic E-state index is -0.530. The average molecular weight is 223 g/mol. The molecular formula is C12H17NO3. The molecule has 0 aliphatic rings. The highest BCUT2D eigenvalue weighted by Crippen LogP contribution is 2.16. The third kappa shape index (κ3) is 3.90. The van der Waals surface area contributed by atoms with Crippen molar-refractivity contribution in [3.05, 3.63) is 29.8 Å². The van der Waals surface area contributed by atoms with Gasteiger partial charge in [-0.25, -0.2) is 4.79 Å². The highest BCUT2D eigenvalue weighted by Gasteiger charge is 2.05. The van der Waals surface area contributed by atoms with E-state index in [0.717, 1.165) is 24.1 Å². The first kappa shape index (κ1) is 12.5. The number of nitrogens with one attached hydrogen (secondary N) is 1. The Balaban J connectivity index is 2.61. The molecule has 0 spiro atoms. The van der Waals surface area contributed by atoms with Gasteiger partial charge in [-0.15, -0.1) is 0 Å². The van der Waals surface area contributed by atoms with Crippen LogP contribution in [0.2, 0.25) is 0 Å². The maximum Gasteiger partial charge on any atom is 0.411 e. The first-order chi connectivity index (χ1) is 7.77. The minimum Gasteiger partial charge on any atom is -0.447 e. The van der Waals surface area contributed by atoms with Gasteiger partial charge in [0, 0.05) is 5.69 Å². The van der Waals surface area contributed by atoms with E-state index in [2.05, 4.69) is 12.2 Å². The monoisotopic (exact) mass is 223 g/mol. The zero-order valence-electron chi connectivity index (χ0n) is 9.40. The highest BCUT2D eigenvalue weighted by molar-refractivity contribution is 5.85. The zero-order valence-corrected chi connectivity index (χ0v) is 9.40. The van der Waals surface area contributed by atoms with Crippen LogP contribution >= 0.6 is 0 Å². The van der Waals surface area contributed by atoms with Gasteiger partial charge in [-0.1, -0.05) is 31.5 Å². The van der Waals surface area contributed by atoms with Gasteiger partial charge in [-0.2, -0.15) is 0 Å². The molecule has 0 saturated carbocycles. The molecule has 0 aliphatic carbocycles. The number of para-hydroxylation sites is 1. The van der Waals surface area contributed by atoms with Crippen molar-refractivity contribution in [2.24, 2.45) is 0 Å². The Kier molecular flexibility index (Phi) is 5.36. The molecule has 16 heavy (non-hydrogen) atoms. The van der Waals surface area contributed by atoms with Crippen molar-refractivity contribution in [3.8, 4) is 0 Å². The van der Waals surface area contributed by atoms with Gasteiger partial charge in [0.1, 0.15) is 6.61 Å². The Labute approximate surface area is 95.2 Å². The lowest BCUT2D eigenvalue weighted by Gasteiger charge is -2.10. The van der Waals surface area contributed by atoms with Crippen LogP contribution < -0.4 is 5.32 Å². The summed E-state index contributed by atoms with van der Waals surface area (Å²) in [5.74, 6) is 0. The summed E-state index contributed by atoms with van der Waals surface area (Å²) in [6.45, 7) is 1.94. The number of anilines is 1. The van der Waals surface area contributed by atoms with E-state index in [0.29, 0.717) is 0 Å². The summed E-state index contributed by atoms with van der Waals surface area (Å²) in [4.78, 5) is 11.3. The van der Waals surface area contributed by atoms with Crippen molar-refractivity contribution in [1.29, 1.82) is 0 Å². The lowest BCUT2D eigenvalue weighted by molar-refractivity contribution is 0.131. The SMILES string of the molecule is CCCc1ccccc1NC(=O)OCCO. The number of aliphatic hydroxyl groups excluding tert-OH is 1. The average Bonchev–Trinajstić information content (AvgIpc) is 2.29. The second-order valence-corrected chi connectivity index (χ2v) is 3.39. The predicted octanol–water partition coefficient (Wildman–Crippen LogP) is 2.18. The van der Waals surface area contributed by atoms with E-state index >= 15 is 0 Å². The van der Waals surface area contributed by atoms with Crippen LogP contribution in [0.5, 0.6) is 0 Å². The summed E-state index contributed by atoms with van der Waals surface area (Å²) in [7, 11) is 0. The van der Waals surface area contributed by atoms with Crippen LogP contribution in [0.4, 0.5) is 10.5 Å². The second kappa shape index (κ2) is 6.85. The topological polar surface area (TPSA) is 58.6 Å². The van der Waals surface area contributed by atoms with Crippen LogP contribution in [-0.2, 0) is 11.2 Å². The van der Waals surface area contributed by atoms with Gasteiger partial charge in [-0.3, -0.25) is 5.32 Å². The smallest absolute Gasteiger partial charge is 0.411 e. The normalized spacial score (nSPS) is 9.88. The molecule has 0 fully saturated rings. The summed E-state index contributed by atoms with van der Waals surface area (Å²) in [5.41, 5.74) is 1.86. The molecule has 0 aromatic heterocycles. The third-order valence-electron chi connectivity index (χ3n) is 2.10. The number of aryl methyl sites for hydroxylation is 1. The van der Waals surface area contributed by atoms with Gasteiger partial charge in [0.25, 0.3) is 0 Å². The van der Waals surface area contributed by atoms with Crippen LogP contribution in [0.3, 0.4) is 0 Å². The van der Waals surface area contributed by atoms with E-state index in [1.54, 1.807) is 0 Å². The largest absolute Gasteiger partial charge is 0.447 e. The fourth-order valence-corrected chi connectivity index (χ4v) is 1.41. The van der Waals surface area contributed by atoms with Crippen molar-refractivity contribution in [3.63, 3.8) is 0 Å². The summed E-state index contributed by atoms with van der Waals surface area (Å²) < 4.78 is 4.73. The summed E-state index contributed by atoms with van der Waals surface area (Å²) in [6, 6.07) is 7.62. The van der Waals surface area contributed by atoms with Gasteiger partial charge >= 0.3 is 6.09 Å². The lowest BCUT2D eigenvalue weighted by atomic mass is 10.1. The number of ether oxygens (including phenoxy) is 1. The van der Waals surface area contributed by atoms with E-state index < -0.39 is 6.09 Å². The number of benzene rings is 1. The molecule has 1 aromatic rings. The number of carbonyl (C=O) groups is 1. The molecule has 0 bridgehead atoms. The van der Waals surface area contributed by atoms with E-state index in [-0.39, 0.29) is 13.2 Å². The first-order valence-electron chi connectivity index (χ1n) is 5.40. The predicted molar refractivity (Wildman–Crippen MR) is 62.5 cm³/mol. The second-order valence-electron chi connectivity index (χ2n) is 3.39. The molecule has 0 unspecified atom stereocenters. The standard InChI is InChI=1S/C12H17NO3/c1-2-5-10-6-3-4-7-11(10)13-12(15)16-9-8-14/h3-4,6-7,14H,2,5,8-9H2,1H3,(H,13,15). The van der Waals surface area contributed by atoms with Crippen LogP contribution in [0.15, 0.2) is 24.3 Å².